The molecular weight excluding hydrogens is 420 g/mol. The number of rotatable bonds is 17. The van der Waals surface area contributed by atoms with Crippen molar-refractivity contribution in [2.24, 2.45) is 0 Å². The maximum absolute atomic E-state index is 11.1. The average Bonchev–Trinajstić information content (AvgIpc) is 2.66. The van der Waals surface area contributed by atoms with Crippen LogP contribution in [0.15, 0.2) is 36.5 Å². The normalized spacial score (nSPS) is 15.2. The van der Waals surface area contributed by atoms with Gasteiger partial charge in [-0.25, -0.2) is 0 Å². The number of carbonyl (C=O) groups excluding carboxylic acids is 1. The van der Waals surface area contributed by atoms with Gasteiger partial charge in [-0.3, -0.25) is 4.79 Å². The molecular formula is C25H48O4Si2. The van der Waals surface area contributed by atoms with Crippen LogP contribution in [-0.4, -0.2) is 41.9 Å². The highest BCUT2D eigenvalue weighted by molar-refractivity contribution is 6.70. The lowest BCUT2D eigenvalue weighted by Crippen LogP contribution is -2.42. The summed E-state index contributed by atoms with van der Waals surface area (Å²) < 4.78 is 17.6. The molecule has 0 bridgehead atoms. The van der Waals surface area contributed by atoms with Gasteiger partial charge in [0.05, 0.1) is 19.3 Å². The van der Waals surface area contributed by atoms with E-state index in [0.29, 0.717) is 6.42 Å². The van der Waals surface area contributed by atoms with Gasteiger partial charge in [-0.1, -0.05) is 62.6 Å². The SMILES string of the molecule is CC/C=C/[C@H](O[Si](C)(C)C)[C@H](/C=C/C=C/CCCCCCCC(=O)OC)O[Si](C)(C)C. The van der Waals surface area contributed by atoms with E-state index in [1.807, 2.05) is 0 Å². The van der Waals surface area contributed by atoms with Crippen molar-refractivity contribution in [3.8, 4) is 0 Å². The standard InChI is InChI=1S/C25H48O4Si2/c1-9-10-20-23(28-30(3,4)5)24(29-31(6,7)8)21-18-16-14-12-11-13-15-17-19-22-25(26)27-2/h10,14,16,18,20-21,23-24H,9,11-13,15,17,19,22H2,1-8H3/b16-14+,20-10+,21-18+/t23-,24-/m0/s1. The molecule has 0 aliphatic carbocycles. The molecule has 0 rings (SSSR count). The van der Waals surface area contributed by atoms with Crippen molar-refractivity contribution in [2.75, 3.05) is 7.11 Å². The number of esters is 1. The van der Waals surface area contributed by atoms with Crippen molar-refractivity contribution >= 4 is 22.6 Å². The number of carbonyl (C=O) groups is 1. The monoisotopic (exact) mass is 468 g/mol. The van der Waals surface area contributed by atoms with E-state index in [0.717, 1.165) is 25.7 Å². The Labute approximate surface area is 194 Å². The van der Waals surface area contributed by atoms with E-state index in [-0.39, 0.29) is 18.2 Å². The van der Waals surface area contributed by atoms with Crippen LogP contribution >= 0.6 is 0 Å². The quantitative estimate of drug-likeness (QED) is 0.0733. The molecule has 180 valence electrons. The van der Waals surface area contributed by atoms with E-state index in [1.54, 1.807) is 0 Å². The van der Waals surface area contributed by atoms with Crippen LogP contribution in [0, 0.1) is 0 Å². The molecule has 0 saturated heterocycles. The Morgan fingerprint density at radius 1 is 0.774 bits per heavy atom. The van der Waals surface area contributed by atoms with Crippen molar-refractivity contribution < 1.29 is 18.4 Å². The smallest absolute Gasteiger partial charge is 0.305 e. The second-order valence-electron chi connectivity index (χ2n) is 9.92. The zero-order valence-electron chi connectivity index (χ0n) is 21.4. The summed E-state index contributed by atoms with van der Waals surface area (Å²) in [7, 11) is -1.95. The minimum atomic E-state index is -1.71. The molecule has 0 unspecified atom stereocenters. The summed E-state index contributed by atoms with van der Waals surface area (Å²) in [6.07, 6.45) is 21.1. The van der Waals surface area contributed by atoms with Crippen LogP contribution in [-0.2, 0) is 18.4 Å². The lowest BCUT2D eigenvalue weighted by molar-refractivity contribution is -0.140. The van der Waals surface area contributed by atoms with Gasteiger partial charge >= 0.3 is 5.97 Å². The molecule has 4 nitrogen and oxygen atoms in total. The molecule has 0 aromatic carbocycles. The van der Waals surface area contributed by atoms with Crippen LogP contribution in [0.3, 0.4) is 0 Å². The average molecular weight is 469 g/mol. The maximum Gasteiger partial charge on any atom is 0.305 e. The fourth-order valence-electron chi connectivity index (χ4n) is 3.03. The Morgan fingerprint density at radius 2 is 1.32 bits per heavy atom. The minimum absolute atomic E-state index is 0.0343. The number of unbranched alkanes of at least 4 members (excludes halogenated alkanes) is 5. The zero-order valence-corrected chi connectivity index (χ0v) is 23.4. The van der Waals surface area contributed by atoms with Crippen LogP contribution in [0.2, 0.25) is 39.3 Å². The van der Waals surface area contributed by atoms with Crippen molar-refractivity contribution in [3.63, 3.8) is 0 Å². The molecule has 0 aliphatic rings. The minimum Gasteiger partial charge on any atom is -0.469 e. The van der Waals surface area contributed by atoms with Gasteiger partial charge in [-0.2, -0.15) is 0 Å². The van der Waals surface area contributed by atoms with Crippen molar-refractivity contribution in [3.05, 3.63) is 36.5 Å². The predicted molar refractivity (Wildman–Crippen MR) is 138 cm³/mol. The Kier molecular flexibility index (Phi) is 16.1. The van der Waals surface area contributed by atoms with E-state index in [4.69, 9.17) is 8.85 Å². The van der Waals surface area contributed by atoms with Gasteiger partial charge in [0, 0.05) is 6.42 Å². The summed E-state index contributed by atoms with van der Waals surface area (Å²) in [5.74, 6) is -0.103. The molecule has 0 heterocycles. The van der Waals surface area contributed by atoms with Crippen LogP contribution in [0.5, 0.6) is 0 Å². The highest BCUT2D eigenvalue weighted by atomic mass is 28.4. The van der Waals surface area contributed by atoms with Crippen LogP contribution in [0.4, 0.5) is 0 Å². The topological polar surface area (TPSA) is 44.8 Å². The molecule has 0 aromatic heterocycles. The van der Waals surface area contributed by atoms with Gasteiger partial charge in [0.25, 0.3) is 0 Å². The second-order valence-corrected chi connectivity index (χ2v) is 18.8. The summed E-state index contributed by atoms with van der Waals surface area (Å²) >= 11 is 0. The molecule has 6 heteroatoms. The van der Waals surface area contributed by atoms with Crippen molar-refractivity contribution in [1.82, 2.24) is 0 Å². The number of ether oxygens (including phenoxy) is 1. The summed E-state index contributed by atoms with van der Waals surface area (Å²) in [5.41, 5.74) is 0. The lowest BCUT2D eigenvalue weighted by atomic mass is 10.1. The first-order valence-electron chi connectivity index (χ1n) is 11.9. The van der Waals surface area contributed by atoms with Gasteiger partial charge in [0.15, 0.2) is 16.6 Å². The molecule has 0 N–H and O–H groups in total. The van der Waals surface area contributed by atoms with Crippen LogP contribution < -0.4 is 0 Å². The second kappa shape index (κ2) is 16.6. The number of hydrogen-bond donors (Lipinski definition) is 0. The van der Waals surface area contributed by atoms with Gasteiger partial charge < -0.3 is 13.6 Å². The molecule has 0 saturated carbocycles. The van der Waals surface area contributed by atoms with Gasteiger partial charge in [0.1, 0.15) is 0 Å². The number of hydrogen-bond acceptors (Lipinski definition) is 4. The highest BCUT2D eigenvalue weighted by Gasteiger charge is 2.29. The molecule has 0 aliphatic heterocycles. The predicted octanol–water partition coefficient (Wildman–Crippen LogP) is 7.41. The Balaban J connectivity index is 4.62. The van der Waals surface area contributed by atoms with Gasteiger partial charge in [-0.15, -0.1) is 0 Å². The number of allylic oxidation sites excluding steroid dienone is 4. The van der Waals surface area contributed by atoms with E-state index in [1.165, 1.54) is 26.4 Å². The Bertz CT molecular complexity index is 557. The van der Waals surface area contributed by atoms with Crippen molar-refractivity contribution in [1.29, 1.82) is 0 Å². The fourth-order valence-corrected chi connectivity index (χ4v) is 5.09. The molecule has 0 amide bonds. The van der Waals surface area contributed by atoms with E-state index in [9.17, 15) is 4.79 Å². The highest BCUT2D eigenvalue weighted by Crippen LogP contribution is 2.19. The third-order valence-corrected chi connectivity index (χ3v) is 6.35. The maximum atomic E-state index is 11.1. The van der Waals surface area contributed by atoms with E-state index >= 15 is 0 Å². The third-order valence-electron chi connectivity index (χ3n) is 4.39. The fraction of sp³-hybridized carbons (Fsp3) is 0.720. The summed E-state index contributed by atoms with van der Waals surface area (Å²) in [4.78, 5) is 11.1. The molecule has 0 spiro atoms. The van der Waals surface area contributed by atoms with E-state index < -0.39 is 16.6 Å². The summed E-state index contributed by atoms with van der Waals surface area (Å²) in [6.45, 7) is 15.5. The molecule has 31 heavy (non-hydrogen) atoms. The summed E-state index contributed by atoms with van der Waals surface area (Å²) in [6, 6.07) is 0. The molecule has 0 aromatic rings. The third kappa shape index (κ3) is 19.5. The van der Waals surface area contributed by atoms with E-state index in [2.05, 4.69) is 87.4 Å². The molecule has 2 atom stereocenters. The first-order valence-corrected chi connectivity index (χ1v) is 18.7. The van der Waals surface area contributed by atoms with Crippen molar-refractivity contribution in [2.45, 2.75) is 110 Å². The lowest BCUT2D eigenvalue weighted by Gasteiger charge is -2.33. The van der Waals surface area contributed by atoms with Crippen LogP contribution in [0.25, 0.3) is 0 Å². The summed E-state index contributed by atoms with van der Waals surface area (Å²) in [5, 5.41) is 0. The Morgan fingerprint density at radius 3 is 1.87 bits per heavy atom. The molecule has 0 fully saturated rings. The van der Waals surface area contributed by atoms with Gasteiger partial charge in [0.2, 0.25) is 0 Å². The first-order chi connectivity index (χ1) is 14.5. The number of methoxy groups -OCH3 is 1. The largest absolute Gasteiger partial charge is 0.469 e. The first kappa shape index (κ1) is 30.0. The van der Waals surface area contributed by atoms with Gasteiger partial charge in [-0.05, 0) is 65.0 Å². The Hall–Kier alpha value is -0.956. The van der Waals surface area contributed by atoms with Crippen LogP contribution in [0.1, 0.15) is 58.3 Å². The molecule has 0 radical (unpaired) electrons. The zero-order chi connectivity index (χ0) is 23.8.